The second-order valence-electron chi connectivity index (χ2n) is 9.17. The Morgan fingerprint density at radius 2 is 1.70 bits per heavy atom. The van der Waals surface area contributed by atoms with Gasteiger partial charge in [-0.3, -0.25) is 9.59 Å². The monoisotopic (exact) mass is 420 g/mol. The van der Waals surface area contributed by atoms with Crippen LogP contribution in [0.5, 0.6) is 0 Å². The number of hydrogen-bond acceptors (Lipinski definition) is 4. The van der Waals surface area contributed by atoms with E-state index in [9.17, 15) is 23.2 Å². The van der Waals surface area contributed by atoms with Gasteiger partial charge in [-0.25, -0.2) is 13.6 Å². The largest absolute Gasteiger partial charge is 0.454 e. The Morgan fingerprint density at radius 3 is 2.27 bits per heavy atom. The number of halogens is 2. The van der Waals surface area contributed by atoms with Crippen molar-refractivity contribution in [3.63, 3.8) is 0 Å². The quantitative estimate of drug-likeness (QED) is 0.693. The van der Waals surface area contributed by atoms with Crippen LogP contribution in [0.4, 0.5) is 14.5 Å². The van der Waals surface area contributed by atoms with Gasteiger partial charge >= 0.3 is 5.97 Å². The van der Waals surface area contributed by atoms with Crippen LogP contribution in [0.2, 0.25) is 0 Å². The molecule has 0 saturated heterocycles. The maximum atomic E-state index is 13.6. The lowest BCUT2D eigenvalue weighted by atomic mass is 9.49. The Balaban J connectivity index is 1.27. The van der Waals surface area contributed by atoms with E-state index in [-0.39, 0.29) is 17.0 Å². The number of hydrogen-bond donors (Lipinski definition) is 2. The molecule has 1 aromatic rings. The van der Waals surface area contributed by atoms with Gasteiger partial charge in [-0.2, -0.15) is 0 Å². The molecule has 4 saturated carbocycles. The van der Waals surface area contributed by atoms with E-state index in [1.807, 2.05) is 0 Å². The molecule has 0 unspecified atom stereocenters. The molecule has 5 rings (SSSR count). The predicted octanol–water partition coefficient (Wildman–Crippen LogP) is 3.17. The molecular formula is C22H26F2N2O4. The predicted molar refractivity (Wildman–Crippen MR) is 104 cm³/mol. The van der Waals surface area contributed by atoms with E-state index < -0.39 is 36.2 Å². The Labute approximate surface area is 173 Å². The number of amides is 2. The fourth-order valence-corrected chi connectivity index (χ4v) is 5.84. The molecule has 0 heterocycles. The normalized spacial score (nSPS) is 29.9. The summed E-state index contributed by atoms with van der Waals surface area (Å²) in [6.07, 6.45) is 6.31. The van der Waals surface area contributed by atoms with Crippen molar-refractivity contribution in [3.05, 3.63) is 29.8 Å². The van der Waals surface area contributed by atoms with Crippen molar-refractivity contribution in [2.75, 3.05) is 11.9 Å². The number of carbonyl (C=O) groups excluding carboxylic acids is 3. The summed E-state index contributed by atoms with van der Waals surface area (Å²) in [7, 11) is 0. The lowest BCUT2D eigenvalue weighted by Crippen LogP contribution is -2.56. The molecule has 2 amide bonds. The zero-order valence-corrected chi connectivity index (χ0v) is 16.9. The number of anilines is 1. The smallest absolute Gasteiger partial charge is 0.328 e. The third-order valence-electron chi connectivity index (χ3n) is 6.77. The highest BCUT2D eigenvalue weighted by molar-refractivity contribution is 5.94. The van der Waals surface area contributed by atoms with Gasteiger partial charge in [0.25, 0.3) is 5.91 Å². The fraction of sp³-hybridized carbons (Fsp3) is 0.591. The van der Waals surface area contributed by atoms with Gasteiger partial charge in [-0.15, -0.1) is 0 Å². The van der Waals surface area contributed by atoms with Gasteiger partial charge in [0, 0.05) is 11.5 Å². The number of nitrogens with one attached hydrogen (secondary N) is 2. The maximum Gasteiger partial charge on any atom is 0.328 e. The minimum Gasteiger partial charge on any atom is -0.454 e. The van der Waals surface area contributed by atoms with E-state index in [0.717, 1.165) is 31.4 Å². The van der Waals surface area contributed by atoms with Crippen molar-refractivity contribution in [1.29, 1.82) is 0 Å². The van der Waals surface area contributed by atoms with E-state index in [2.05, 4.69) is 10.6 Å². The van der Waals surface area contributed by atoms with Crippen molar-refractivity contribution in [2.45, 2.75) is 51.5 Å². The Hall–Kier alpha value is -2.51. The summed E-state index contributed by atoms with van der Waals surface area (Å²) in [6.45, 7) is 0.894. The van der Waals surface area contributed by atoms with E-state index in [4.69, 9.17) is 4.74 Å². The van der Waals surface area contributed by atoms with E-state index in [0.29, 0.717) is 23.8 Å². The first-order chi connectivity index (χ1) is 14.2. The zero-order valence-electron chi connectivity index (χ0n) is 16.9. The SMILES string of the molecule is C[C@H](NC(=O)C12CC3CC(CC(C3)C1)C2)C(=O)OCC(=O)Nc1ccc(F)cc1F. The molecular weight excluding hydrogens is 394 g/mol. The van der Waals surface area contributed by atoms with Crippen molar-refractivity contribution in [1.82, 2.24) is 5.32 Å². The third-order valence-corrected chi connectivity index (χ3v) is 6.77. The topological polar surface area (TPSA) is 84.5 Å². The Bertz CT molecular complexity index is 837. The number of esters is 1. The minimum atomic E-state index is -0.925. The van der Waals surface area contributed by atoms with Crippen molar-refractivity contribution in [2.24, 2.45) is 23.2 Å². The zero-order chi connectivity index (χ0) is 21.5. The molecule has 0 spiro atoms. The van der Waals surface area contributed by atoms with Crippen LogP contribution in [0.25, 0.3) is 0 Å². The second-order valence-corrected chi connectivity index (χ2v) is 9.17. The summed E-state index contributed by atoms with van der Waals surface area (Å²) in [6, 6.07) is 1.84. The summed E-state index contributed by atoms with van der Waals surface area (Å²) in [5, 5.41) is 4.99. The van der Waals surface area contributed by atoms with E-state index in [1.54, 1.807) is 0 Å². The van der Waals surface area contributed by atoms with Gasteiger partial charge in [0.1, 0.15) is 17.7 Å². The van der Waals surface area contributed by atoms with E-state index >= 15 is 0 Å². The molecule has 1 aromatic carbocycles. The van der Waals surface area contributed by atoms with Crippen LogP contribution in [-0.2, 0) is 19.1 Å². The molecule has 4 bridgehead atoms. The molecule has 8 heteroatoms. The molecule has 1 atom stereocenters. The Kier molecular flexibility index (Phi) is 5.51. The van der Waals surface area contributed by atoms with E-state index in [1.165, 1.54) is 26.2 Å². The number of carbonyl (C=O) groups is 3. The Morgan fingerprint density at radius 1 is 1.10 bits per heavy atom. The van der Waals surface area contributed by atoms with Gasteiger partial charge < -0.3 is 15.4 Å². The number of rotatable bonds is 6. The maximum absolute atomic E-state index is 13.6. The summed E-state index contributed by atoms with van der Waals surface area (Å²) in [5.41, 5.74) is -0.582. The van der Waals surface area contributed by atoms with Gasteiger partial charge in [0.05, 0.1) is 5.69 Å². The molecule has 6 nitrogen and oxygen atoms in total. The summed E-state index contributed by atoms with van der Waals surface area (Å²) in [5.74, 6) is -1.44. The van der Waals surface area contributed by atoms with Gasteiger partial charge in [-0.05, 0) is 75.3 Å². The third kappa shape index (κ3) is 4.18. The average molecular weight is 420 g/mol. The molecule has 0 radical (unpaired) electrons. The van der Waals surface area contributed by atoms with Crippen LogP contribution in [0.1, 0.15) is 45.4 Å². The first-order valence-corrected chi connectivity index (χ1v) is 10.5. The minimum absolute atomic E-state index is 0.0936. The van der Waals surface area contributed by atoms with Crippen molar-refractivity contribution < 1.29 is 27.9 Å². The molecule has 0 aliphatic heterocycles. The first kappa shape index (κ1) is 20.8. The summed E-state index contributed by atoms with van der Waals surface area (Å²) >= 11 is 0. The highest BCUT2D eigenvalue weighted by Gasteiger charge is 2.54. The molecule has 2 N–H and O–H groups in total. The van der Waals surface area contributed by atoms with Crippen molar-refractivity contribution in [3.8, 4) is 0 Å². The molecule has 0 aromatic heterocycles. The molecule has 4 aliphatic rings. The number of benzene rings is 1. The fourth-order valence-electron chi connectivity index (χ4n) is 5.84. The second kappa shape index (κ2) is 7.96. The lowest BCUT2D eigenvalue weighted by molar-refractivity contribution is -0.154. The molecule has 162 valence electrons. The first-order valence-electron chi connectivity index (χ1n) is 10.5. The molecule has 30 heavy (non-hydrogen) atoms. The summed E-state index contributed by atoms with van der Waals surface area (Å²) < 4.78 is 31.5. The number of ether oxygens (including phenoxy) is 1. The van der Waals surface area contributed by atoms with Crippen LogP contribution in [0, 0.1) is 34.8 Å². The van der Waals surface area contributed by atoms with Gasteiger partial charge in [-0.1, -0.05) is 0 Å². The van der Waals surface area contributed by atoms with Gasteiger partial charge in [0.15, 0.2) is 6.61 Å². The van der Waals surface area contributed by atoms with Crippen LogP contribution in [0.15, 0.2) is 18.2 Å². The highest BCUT2D eigenvalue weighted by atomic mass is 19.1. The van der Waals surface area contributed by atoms with Crippen LogP contribution in [0.3, 0.4) is 0 Å². The average Bonchev–Trinajstić information content (AvgIpc) is 2.67. The van der Waals surface area contributed by atoms with Crippen LogP contribution >= 0.6 is 0 Å². The lowest BCUT2D eigenvalue weighted by Gasteiger charge is -2.55. The molecule has 4 fully saturated rings. The van der Waals surface area contributed by atoms with Gasteiger partial charge in [0.2, 0.25) is 5.91 Å². The highest BCUT2D eigenvalue weighted by Crippen LogP contribution is 2.60. The van der Waals surface area contributed by atoms with Crippen molar-refractivity contribution >= 4 is 23.5 Å². The molecule has 4 aliphatic carbocycles. The standard InChI is InChI=1S/C22H26F2N2O4/c1-12(20(28)30-11-19(27)26-18-3-2-16(23)7-17(18)24)25-21(29)22-8-13-4-14(9-22)6-15(5-13)10-22/h2-3,7,12-15H,4-6,8-11H2,1H3,(H,25,29)(H,26,27)/t12-,13?,14?,15?,22?/m0/s1. The van der Waals surface area contributed by atoms with Crippen LogP contribution < -0.4 is 10.6 Å². The summed E-state index contributed by atoms with van der Waals surface area (Å²) in [4.78, 5) is 37.1. The van der Waals surface area contributed by atoms with Crippen LogP contribution in [-0.4, -0.2) is 30.4 Å².